The molecule has 1 saturated carbocycles. The second-order valence-electron chi connectivity index (χ2n) is 10.4. The Labute approximate surface area is 237 Å². The first-order valence-electron chi connectivity index (χ1n) is 13.3. The molecule has 5 nitrogen and oxygen atoms in total. The summed E-state index contributed by atoms with van der Waals surface area (Å²) in [5, 5.41) is 0.700. The van der Waals surface area contributed by atoms with E-state index in [9.17, 15) is 9.18 Å². The zero-order valence-corrected chi connectivity index (χ0v) is 23.3. The number of amides is 1. The van der Waals surface area contributed by atoms with E-state index in [1.807, 2.05) is 53.0 Å². The van der Waals surface area contributed by atoms with Crippen LogP contribution in [0.2, 0.25) is 5.02 Å². The molecule has 4 aromatic rings. The Hall–Kier alpha value is -3.13. The number of carbonyl (C=O) groups excluding carboxylic acids is 1. The number of rotatable bonds is 8. The molecule has 1 aromatic heterocycles. The molecule has 8 heteroatoms. The average Bonchev–Trinajstić information content (AvgIpc) is 3.64. The minimum absolute atomic E-state index is 0.0695. The van der Waals surface area contributed by atoms with E-state index in [4.69, 9.17) is 11.6 Å². The number of nitrogens with zero attached hydrogens (tertiary/aromatic N) is 3. The highest BCUT2D eigenvalue weighted by atomic mass is 35.5. The lowest BCUT2D eigenvalue weighted by Crippen LogP contribution is -2.33. The van der Waals surface area contributed by atoms with Gasteiger partial charge in [-0.25, -0.2) is 9.37 Å². The molecule has 0 bridgehead atoms. The van der Waals surface area contributed by atoms with Crippen molar-refractivity contribution in [1.29, 1.82) is 0 Å². The molecule has 6 rings (SSSR count). The Morgan fingerprint density at radius 3 is 2.79 bits per heavy atom. The predicted molar refractivity (Wildman–Crippen MR) is 154 cm³/mol. The number of anilines is 1. The Balaban J connectivity index is 1.27. The van der Waals surface area contributed by atoms with E-state index in [2.05, 4.69) is 27.9 Å². The largest absolute Gasteiger partial charge is 0.337 e. The average molecular weight is 561 g/mol. The van der Waals surface area contributed by atoms with Crippen molar-refractivity contribution in [1.82, 2.24) is 14.3 Å². The van der Waals surface area contributed by atoms with Crippen LogP contribution in [0.3, 0.4) is 0 Å². The SMILES string of the molecule is Cn1ccnc1CN(C(=O)[C@H]1C[C@@H]1c1ccc(Cl)cc1)c1ccc2c(c1)[C@@H](NSc1cccc(F)c1)CCC2. The van der Waals surface area contributed by atoms with Crippen molar-refractivity contribution in [3.8, 4) is 0 Å². The Bertz CT molecular complexity index is 1490. The van der Waals surface area contributed by atoms with Gasteiger partial charge < -0.3 is 9.47 Å². The summed E-state index contributed by atoms with van der Waals surface area (Å²) < 4.78 is 19.2. The van der Waals surface area contributed by atoms with Crippen molar-refractivity contribution in [3.05, 3.63) is 112 Å². The number of carbonyl (C=O) groups is 1. The fraction of sp³-hybridized carbons (Fsp3) is 0.290. The molecule has 1 amide bonds. The van der Waals surface area contributed by atoms with Gasteiger partial charge in [0.25, 0.3) is 0 Å². The maximum Gasteiger partial charge on any atom is 0.231 e. The first-order valence-corrected chi connectivity index (χ1v) is 14.5. The van der Waals surface area contributed by atoms with Gasteiger partial charge >= 0.3 is 0 Å². The van der Waals surface area contributed by atoms with E-state index in [0.29, 0.717) is 11.6 Å². The van der Waals surface area contributed by atoms with Crippen molar-refractivity contribution < 1.29 is 9.18 Å². The summed E-state index contributed by atoms with van der Waals surface area (Å²) in [5.41, 5.74) is 4.52. The Morgan fingerprint density at radius 2 is 2.03 bits per heavy atom. The van der Waals surface area contributed by atoms with Crippen molar-refractivity contribution in [2.24, 2.45) is 13.0 Å². The van der Waals surface area contributed by atoms with Gasteiger partial charge in [0.1, 0.15) is 11.6 Å². The molecule has 1 heterocycles. The molecule has 200 valence electrons. The van der Waals surface area contributed by atoms with Gasteiger partial charge in [-0.2, -0.15) is 0 Å². The zero-order valence-electron chi connectivity index (χ0n) is 21.7. The van der Waals surface area contributed by atoms with Crippen LogP contribution in [-0.4, -0.2) is 15.5 Å². The lowest BCUT2D eigenvalue weighted by atomic mass is 9.87. The first kappa shape index (κ1) is 26.1. The topological polar surface area (TPSA) is 50.2 Å². The molecule has 39 heavy (non-hydrogen) atoms. The van der Waals surface area contributed by atoms with Gasteiger partial charge in [0.2, 0.25) is 5.91 Å². The summed E-state index contributed by atoms with van der Waals surface area (Å²) in [7, 11) is 1.95. The molecule has 0 unspecified atom stereocenters. The second-order valence-corrected chi connectivity index (χ2v) is 11.7. The third-order valence-corrected chi connectivity index (χ3v) is 8.91. The quantitative estimate of drug-likeness (QED) is 0.231. The van der Waals surface area contributed by atoms with E-state index in [1.54, 1.807) is 12.3 Å². The lowest BCUT2D eigenvalue weighted by molar-refractivity contribution is -0.120. The van der Waals surface area contributed by atoms with Crippen LogP contribution in [0.5, 0.6) is 0 Å². The number of aryl methyl sites for hydroxylation is 2. The van der Waals surface area contributed by atoms with Crippen molar-refractivity contribution in [2.45, 2.75) is 49.1 Å². The monoisotopic (exact) mass is 560 g/mol. The lowest BCUT2D eigenvalue weighted by Gasteiger charge is -2.29. The van der Waals surface area contributed by atoms with E-state index < -0.39 is 0 Å². The maximum atomic E-state index is 14.0. The van der Waals surface area contributed by atoms with E-state index >= 15 is 0 Å². The van der Waals surface area contributed by atoms with Gasteiger partial charge in [-0.15, -0.1) is 0 Å². The number of hydrogen-bond donors (Lipinski definition) is 1. The highest BCUT2D eigenvalue weighted by Crippen LogP contribution is 2.49. The molecule has 1 fully saturated rings. The van der Waals surface area contributed by atoms with Crippen LogP contribution in [0.25, 0.3) is 0 Å². The summed E-state index contributed by atoms with van der Waals surface area (Å²) >= 11 is 7.54. The zero-order chi connectivity index (χ0) is 26.9. The van der Waals surface area contributed by atoms with Crippen LogP contribution in [0, 0.1) is 11.7 Å². The molecule has 0 spiro atoms. The number of halogens is 2. The molecular weight excluding hydrogens is 531 g/mol. The van der Waals surface area contributed by atoms with Gasteiger partial charge in [0, 0.05) is 47.0 Å². The fourth-order valence-corrected chi connectivity index (χ4v) is 6.45. The second kappa shape index (κ2) is 11.2. The van der Waals surface area contributed by atoms with E-state index in [-0.39, 0.29) is 29.6 Å². The molecule has 0 radical (unpaired) electrons. The van der Waals surface area contributed by atoms with Crippen molar-refractivity contribution in [2.75, 3.05) is 4.90 Å². The molecule has 3 aromatic carbocycles. The first-order chi connectivity index (χ1) is 19.0. The summed E-state index contributed by atoms with van der Waals surface area (Å²) in [6.45, 7) is 0.404. The van der Waals surface area contributed by atoms with Crippen LogP contribution in [0.4, 0.5) is 10.1 Å². The number of fused-ring (bicyclic) bond motifs is 1. The molecule has 0 saturated heterocycles. The standard InChI is InChI=1S/C31H30ClFN4OS/c1-36-15-14-34-30(36)19-37(31(38)28-18-26(28)21-8-11-22(32)12-9-21)24-13-10-20-4-2-7-29(27(20)17-24)35-39-25-6-3-5-23(33)16-25/h3,5-6,8-17,26,28-29,35H,2,4,7,18-19H2,1H3/t26-,28+,29+/m1/s1. The molecule has 2 aliphatic carbocycles. The van der Waals surface area contributed by atoms with Crippen LogP contribution in [0.15, 0.2) is 84.0 Å². The highest BCUT2D eigenvalue weighted by molar-refractivity contribution is 7.97. The van der Waals surface area contributed by atoms with E-state index in [1.165, 1.54) is 35.2 Å². The summed E-state index contributed by atoms with van der Waals surface area (Å²) in [4.78, 5) is 21.2. The number of nitrogens with one attached hydrogen (secondary N) is 1. The van der Waals surface area contributed by atoms with E-state index in [0.717, 1.165) is 47.7 Å². The van der Waals surface area contributed by atoms with Crippen molar-refractivity contribution in [3.63, 3.8) is 0 Å². The molecule has 0 aliphatic heterocycles. The van der Waals surface area contributed by atoms with Gasteiger partial charge in [-0.05, 0) is 103 Å². The van der Waals surface area contributed by atoms with Gasteiger partial charge in [-0.3, -0.25) is 9.52 Å². The molecule has 2 aliphatic rings. The molecular formula is C31H30ClFN4OS. The number of hydrogen-bond acceptors (Lipinski definition) is 4. The van der Waals surface area contributed by atoms with Crippen LogP contribution >= 0.6 is 23.5 Å². The van der Waals surface area contributed by atoms with Crippen LogP contribution in [-0.2, 0) is 24.8 Å². The third-order valence-electron chi connectivity index (χ3n) is 7.76. The van der Waals surface area contributed by atoms with Gasteiger partial charge in [-0.1, -0.05) is 35.9 Å². The predicted octanol–water partition coefficient (Wildman–Crippen LogP) is 7.22. The fourth-order valence-electron chi connectivity index (χ4n) is 5.48. The molecule has 1 N–H and O–H groups in total. The third kappa shape index (κ3) is 5.76. The summed E-state index contributed by atoms with van der Waals surface area (Å²) in [5.74, 6) is 0.843. The Morgan fingerprint density at radius 1 is 1.18 bits per heavy atom. The minimum Gasteiger partial charge on any atom is -0.337 e. The number of benzene rings is 3. The normalized spacial score (nSPS) is 19.9. The van der Waals surface area contributed by atoms with Crippen LogP contribution < -0.4 is 9.62 Å². The molecule has 3 atom stereocenters. The summed E-state index contributed by atoms with van der Waals surface area (Å²) in [6, 6.07) is 21.0. The number of imidazole rings is 1. The number of aromatic nitrogens is 2. The van der Waals surface area contributed by atoms with Gasteiger partial charge in [0.05, 0.1) is 6.54 Å². The smallest absolute Gasteiger partial charge is 0.231 e. The highest BCUT2D eigenvalue weighted by Gasteiger charge is 2.46. The van der Waals surface area contributed by atoms with Gasteiger partial charge in [0.15, 0.2) is 0 Å². The minimum atomic E-state index is -0.242. The van der Waals surface area contributed by atoms with Crippen LogP contribution in [0.1, 0.15) is 53.7 Å². The van der Waals surface area contributed by atoms with Crippen molar-refractivity contribution >= 4 is 35.1 Å². The Kier molecular flexibility index (Phi) is 7.47. The summed E-state index contributed by atoms with van der Waals surface area (Å²) in [6.07, 6.45) is 7.57. The maximum absolute atomic E-state index is 14.0.